The molecule has 1 aliphatic rings. The van der Waals surface area contributed by atoms with Crippen LogP contribution >= 0.6 is 0 Å². The Kier molecular flexibility index (Phi) is 1.95. The van der Waals surface area contributed by atoms with Crippen LogP contribution in [0.4, 0.5) is 0 Å². The molecule has 10 heavy (non-hydrogen) atoms. The Labute approximate surface area is 58.9 Å². The first-order chi connectivity index (χ1) is 4.49. The van der Waals surface area contributed by atoms with Crippen molar-refractivity contribution in [2.24, 2.45) is 0 Å². The van der Waals surface area contributed by atoms with Gasteiger partial charge < -0.3 is 4.74 Å². The second kappa shape index (κ2) is 2.46. The van der Waals surface area contributed by atoms with Crippen LogP contribution in [0.1, 0.15) is 6.92 Å². The van der Waals surface area contributed by atoms with Crippen molar-refractivity contribution >= 4 is 10.4 Å². The second-order valence-corrected chi connectivity index (χ2v) is 3.15. The van der Waals surface area contributed by atoms with E-state index >= 15 is 0 Å². The minimum absolute atomic E-state index is 0.179. The van der Waals surface area contributed by atoms with Crippen molar-refractivity contribution in [1.29, 1.82) is 0 Å². The highest BCUT2D eigenvalue weighted by Crippen LogP contribution is 2.17. The first-order valence-corrected chi connectivity index (χ1v) is 4.13. The molecule has 0 radical (unpaired) electrons. The molecule has 1 N–H and O–H groups in total. The lowest BCUT2D eigenvalue weighted by Crippen LogP contribution is -2.19. The molecule has 0 aliphatic carbocycles. The highest BCUT2D eigenvalue weighted by molar-refractivity contribution is 7.80. The van der Waals surface area contributed by atoms with Gasteiger partial charge in [-0.2, -0.15) is 8.42 Å². The zero-order valence-electron chi connectivity index (χ0n) is 5.35. The van der Waals surface area contributed by atoms with Gasteiger partial charge in [0.2, 0.25) is 0 Å². The Morgan fingerprint density at radius 1 is 1.80 bits per heavy atom. The fourth-order valence-electron chi connectivity index (χ4n) is 0.580. The van der Waals surface area contributed by atoms with Crippen molar-refractivity contribution in [1.82, 2.24) is 0 Å². The maximum Gasteiger partial charge on any atom is 0.397 e. The first-order valence-electron chi connectivity index (χ1n) is 2.76. The van der Waals surface area contributed by atoms with Gasteiger partial charge in [0.25, 0.3) is 0 Å². The van der Waals surface area contributed by atoms with Gasteiger partial charge in [-0.25, -0.2) is 4.18 Å². The van der Waals surface area contributed by atoms with E-state index in [1.165, 1.54) is 6.92 Å². The van der Waals surface area contributed by atoms with Gasteiger partial charge in [-0.1, -0.05) is 0 Å². The summed E-state index contributed by atoms with van der Waals surface area (Å²) in [5.41, 5.74) is 0. The van der Waals surface area contributed by atoms with Crippen molar-refractivity contribution in [3.8, 4) is 0 Å². The highest BCUT2D eigenvalue weighted by atomic mass is 32.3. The normalized spacial score (nSPS) is 28.0. The second-order valence-electron chi connectivity index (χ2n) is 2.10. The van der Waals surface area contributed by atoms with Gasteiger partial charge in [0.15, 0.2) is 0 Å². The molecule has 1 saturated heterocycles. The zero-order valence-corrected chi connectivity index (χ0v) is 6.17. The maximum absolute atomic E-state index is 10.1. The Bertz CT molecular complexity index is 204. The van der Waals surface area contributed by atoms with Gasteiger partial charge in [0.1, 0.15) is 12.2 Å². The molecule has 1 aliphatic heterocycles. The minimum atomic E-state index is -4.31. The highest BCUT2D eigenvalue weighted by Gasteiger charge is 2.32. The molecule has 6 heteroatoms. The topological polar surface area (TPSA) is 76.1 Å². The smallest absolute Gasteiger partial charge is 0.370 e. The number of hydrogen-bond donors (Lipinski definition) is 1. The first kappa shape index (κ1) is 7.93. The quantitative estimate of drug-likeness (QED) is 0.458. The summed E-state index contributed by atoms with van der Waals surface area (Å²) in [7, 11) is -4.31. The molecule has 0 aromatic rings. The summed E-state index contributed by atoms with van der Waals surface area (Å²) >= 11 is 0. The van der Waals surface area contributed by atoms with Crippen molar-refractivity contribution in [3.63, 3.8) is 0 Å². The lowest BCUT2D eigenvalue weighted by Gasteiger charge is -2.04. The van der Waals surface area contributed by atoms with Crippen LogP contribution in [0, 0.1) is 0 Å². The lowest BCUT2D eigenvalue weighted by molar-refractivity contribution is 0.161. The third kappa shape index (κ3) is 2.61. The van der Waals surface area contributed by atoms with Crippen LogP contribution in [0.15, 0.2) is 0 Å². The van der Waals surface area contributed by atoms with E-state index in [9.17, 15) is 8.42 Å². The Hall–Kier alpha value is -0.170. The van der Waals surface area contributed by atoms with Gasteiger partial charge in [-0.05, 0) is 6.92 Å². The van der Waals surface area contributed by atoms with Crippen molar-refractivity contribution in [3.05, 3.63) is 0 Å². The fraction of sp³-hybridized carbons (Fsp3) is 1.00. The van der Waals surface area contributed by atoms with E-state index in [-0.39, 0.29) is 6.10 Å². The molecule has 0 aromatic heterocycles. The lowest BCUT2D eigenvalue weighted by atomic mass is 10.3. The van der Waals surface area contributed by atoms with E-state index in [1.54, 1.807) is 0 Å². The molecule has 0 spiro atoms. The van der Waals surface area contributed by atoms with E-state index in [0.717, 1.165) is 0 Å². The third-order valence-corrected chi connectivity index (χ3v) is 1.70. The average Bonchev–Trinajstić information content (AvgIpc) is 2.35. The molecule has 1 rings (SSSR count). The summed E-state index contributed by atoms with van der Waals surface area (Å²) in [6, 6.07) is 0. The zero-order chi connectivity index (χ0) is 7.78. The molecule has 2 unspecified atom stereocenters. The number of hydrogen-bond acceptors (Lipinski definition) is 4. The monoisotopic (exact) mass is 168 g/mol. The molecule has 5 nitrogen and oxygen atoms in total. The Balaban J connectivity index is 2.37. The molecule has 0 amide bonds. The molecule has 0 aromatic carbocycles. The molecule has 2 atom stereocenters. The van der Waals surface area contributed by atoms with Gasteiger partial charge in [0, 0.05) is 0 Å². The van der Waals surface area contributed by atoms with Crippen LogP contribution < -0.4 is 0 Å². The van der Waals surface area contributed by atoms with Crippen LogP contribution in [0.5, 0.6) is 0 Å². The third-order valence-electron chi connectivity index (χ3n) is 1.16. The van der Waals surface area contributed by atoms with Crippen LogP contribution in [0.2, 0.25) is 0 Å². The minimum Gasteiger partial charge on any atom is -0.370 e. The molecule has 0 saturated carbocycles. The molecule has 0 bridgehead atoms. The number of rotatable bonds is 3. The number of ether oxygens (including phenoxy) is 1. The summed E-state index contributed by atoms with van der Waals surface area (Å²) in [5, 5.41) is 0. The van der Waals surface area contributed by atoms with Crippen molar-refractivity contribution in [2.75, 3.05) is 6.61 Å². The summed E-state index contributed by atoms with van der Waals surface area (Å²) in [6.07, 6.45) is -0.767. The Morgan fingerprint density at radius 2 is 2.30 bits per heavy atom. The predicted molar refractivity (Wildman–Crippen MR) is 31.8 cm³/mol. The summed E-state index contributed by atoms with van der Waals surface area (Å²) in [6.45, 7) is 2.02. The van der Waals surface area contributed by atoms with E-state index in [2.05, 4.69) is 4.18 Å². The summed E-state index contributed by atoms with van der Waals surface area (Å²) < 4.78 is 37.1. The van der Waals surface area contributed by atoms with Crippen molar-refractivity contribution in [2.45, 2.75) is 19.1 Å². The fourth-order valence-corrected chi connectivity index (χ4v) is 1.09. The van der Waals surface area contributed by atoms with Gasteiger partial charge in [0.05, 0.1) is 6.61 Å². The standard InChI is InChI=1S/C4H8O5S/c1-3(4-2-8-4)9-10(5,6)7/h3-4H,2H2,1H3,(H,5,6,7). The molecule has 60 valence electrons. The number of epoxide rings is 1. The molecular formula is C4H8O5S. The van der Waals surface area contributed by atoms with E-state index in [1.807, 2.05) is 0 Å². The van der Waals surface area contributed by atoms with E-state index in [0.29, 0.717) is 6.61 Å². The van der Waals surface area contributed by atoms with E-state index in [4.69, 9.17) is 9.29 Å². The summed E-state index contributed by atoms with van der Waals surface area (Å²) in [5.74, 6) is 0. The van der Waals surface area contributed by atoms with Crippen LogP contribution in [0.25, 0.3) is 0 Å². The van der Waals surface area contributed by atoms with Gasteiger partial charge in [-0.3, -0.25) is 4.55 Å². The molecule has 1 heterocycles. The molecular weight excluding hydrogens is 160 g/mol. The van der Waals surface area contributed by atoms with Crippen LogP contribution in [0.3, 0.4) is 0 Å². The SMILES string of the molecule is CC(OS(=O)(=O)O)C1CO1. The predicted octanol–water partition coefficient (Wildman–Crippen LogP) is -0.407. The average molecular weight is 168 g/mol. The van der Waals surface area contributed by atoms with Gasteiger partial charge >= 0.3 is 10.4 Å². The molecule has 1 fully saturated rings. The van der Waals surface area contributed by atoms with Crippen LogP contribution in [-0.2, 0) is 19.3 Å². The van der Waals surface area contributed by atoms with Crippen LogP contribution in [-0.4, -0.2) is 31.8 Å². The summed E-state index contributed by atoms with van der Waals surface area (Å²) in [4.78, 5) is 0. The largest absolute Gasteiger partial charge is 0.397 e. The van der Waals surface area contributed by atoms with Gasteiger partial charge in [-0.15, -0.1) is 0 Å². The Morgan fingerprint density at radius 3 is 2.60 bits per heavy atom. The van der Waals surface area contributed by atoms with Crippen molar-refractivity contribution < 1.29 is 21.9 Å². The van der Waals surface area contributed by atoms with E-state index < -0.39 is 16.5 Å². The maximum atomic E-state index is 10.1.